The number of rotatable bonds is 6. The van der Waals surface area contributed by atoms with E-state index in [-0.39, 0.29) is 22.3 Å². The number of amides is 1. The molecule has 0 bridgehead atoms. The number of piperazine rings is 1. The summed E-state index contributed by atoms with van der Waals surface area (Å²) < 4.78 is 33.3. The maximum atomic E-state index is 13.1. The molecule has 1 fully saturated rings. The van der Waals surface area contributed by atoms with Gasteiger partial charge in [-0.05, 0) is 31.0 Å². The van der Waals surface area contributed by atoms with Gasteiger partial charge in [-0.3, -0.25) is 9.69 Å². The monoisotopic (exact) mass is 483 g/mol. The fourth-order valence-electron chi connectivity index (χ4n) is 4.67. The lowest BCUT2D eigenvalue weighted by Gasteiger charge is -2.34. The summed E-state index contributed by atoms with van der Waals surface area (Å²) in [7, 11) is -3.57. The van der Waals surface area contributed by atoms with Crippen molar-refractivity contribution in [3.63, 3.8) is 0 Å². The largest absolute Gasteiger partial charge is 0.459 e. The van der Waals surface area contributed by atoms with Gasteiger partial charge in [-0.15, -0.1) is 10.2 Å². The molecule has 1 amide bonds. The van der Waals surface area contributed by atoms with E-state index < -0.39 is 9.84 Å². The molecular formula is C24H29N5O4S. The smallest absolute Gasteiger partial charge is 0.289 e. The maximum Gasteiger partial charge on any atom is 0.289 e. The van der Waals surface area contributed by atoms with E-state index >= 15 is 0 Å². The van der Waals surface area contributed by atoms with Crippen LogP contribution in [0.4, 0.5) is 0 Å². The average Bonchev–Trinajstić information content (AvgIpc) is 3.38. The Labute approximate surface area is 199 Å². The third kappa shape index (κ3) is 4.78. The molecule has 34 heavy (non-hydrogen) atoms. The molecule has 180 valence electrons. The highest BCUT2D eigenvalue weighted by Crippen LogP contribution is 2.22. The van der Waals surface area contributed by atoms with Crippen molar-refractivity contribution in [2.45, 2.75) is 49.4 Å². The molecule has 2 aromatic heterocycles. The van der Waals surface area contributed by atoms with E-state index in [9.17, 15) is 13.2 Å². The molecule has 1 aromatic carbocycles. The predicted molar refractivity (Wildman–Crippen MR) is 125 cm³/mol. The van der Waals surface area contributed by atoms with Gasteiger partial charge in [0.05, 0.1) is 23.5 Å². The number of sulfone groups is 1. The molecule has 5 rings (SSSR count). The number of aryl methyl sites for hydroxylation is 1. The summed E-state index contributed by atoms with van der Waals surface area (Å²) in [5.74, 6) is 1.65. The van der Waals surface area contributed by atoms with Gasteiger partial charge in [-0.1, -0.05) is 24.6 Å². The molecule has 9 nitrogen and oxygen atoms in total. The highest BCUT2D eigenvalue weighted by molar-refractivity contribution is 7.90. The standard InChI is InChI=1S/C24H29N5O4S/c30-24(23-19(10-16-33-23)18-34(31,32)20-7-3-1-4-8-20)28-14-12-27(13-15-28)17-22-26-25-21-9-5-2-6-11-29(21)22/h1,3-4,7-8,10,16H,2,5-6,9,11-15,17-18H2. The van der Waals surface area contributed by atoms with E-state index in [4.69, 9.17) is 4.42 Å². The number of fused-ring (bicyclic) bond motifs is 1. The minimum Gasteiger partial charge on any atom is -0.459 e. The van der Waals surface area contributed by atoms with E-state index in [0.29, 0.717) is 31.7 Å². The molecule has 0 saturated carbocycles. The second-order valence-electron chi connectivity index (χ2n) is 8.91. The van der Waals surface area contributed by atoms with Crippen molar-refractivity contribution in [3.8, 4) is 0 Å². The fourth-order valence-corrected chi connectivity index (χ4v) is 6.04. The molecule has 0 atom stereocenters. The van der Waals surface area contributed by atoms with Crippen molar-refractivity contribution in [2.24, 2.45) is 0 Å². The van der Waals surface area contributed by atoms with Gasteiger partial charge >= 0.3 is 0 Å². The van der Waals surface area contributed by atoms with Gasteiger partial charge in [0.2, 0.25) is 0 Å². The predicted octanol–water partition coefficient (Wildman–Crippen LogP) is 2.53. The zero-order valence-electron chi connectivity index (χ0n) is 19.1. The van der Waals surface area contributed by atoms with Gasteiger partial charge in [-0.2, -0.15) is 0 Å². The maximum absolute atomic E-state index is 13.1. The second-order valence-corrected chi connectivity index (χ2v) is 10.9. The van der Waals surface area contributed by atoms with E-state index in [1.807, 2.05) is 0 Å². The van der Waals surface area contributed by atoms with Crippen LogP contribution >= 0.6 is 0 Å². The van der Waals surface area contributed by atoms with Crippen LogP contribution in [0.1, 0.15) is 47.0 Å². The Morgan fingerprint density at radius 1 is 0.941 bits per heavy atom. The lowest BCUT2D eigenvalue weighted by atomic mass is 10.2. The number of hydrogen-bond donors (Lipinski definition) is 0. The number of aromatic nitrogens is 3. The molecule has 4 heterocycles. The van der Waals surface area contributed by atoms with Crippen LogP contribution in [0.15, 0.2) is 52.0 Å². The molecule has 2 aliphatic heterocycles. The Morgan fingerprint density at radius 3 is 2.53 bits per heavy atom. The summed E-state index contributed by atoms with van der Waals surface area (Å²) in [6.45, 7) is 4.22. The summed E-state index contributed by atoms with van der Waals surface area (Å²) in [5, 5.41) is 8.80. The Morgan fingerprint density at radius 2 is 1.74 bits per heavy atom. The number of hydrogen-bond acceptors (Lipinski definition) is 7. The minimum atomic E-state index is -3.57. The van der Waals surface area contributed by atoms with E-state index in [1.165, 1.54) is 19.1 Å². The molecular weight excluding hydrogens is 454 g/mol. The quantitative estimate of drug-likeness (QED) is 0.531. The number of carbonyl (C=O) groups is 1. The van der Waals surface area contributed by atoms with Gasteiger partial charge in [0.15, 0.2) is 15.6 Å². The van der Waals surface area contributed by atoms with Crippen LogP contribution < -0.4 is 0 Å². The highest BCUT2D eigenvalue weighted by atomic mass is 32.2. The molecule has 10 heteroatoms. The summed E-state index contributed by atoms with van der Waals surface area (Å²) in [6, 6.07) is 9.83. The van der Waals surface area contributed by atoms with Crippen molar-refractivity contribution < 1.29 is 17.6 Å². The molecule has 3 aromatic rings. The lowest BCUT2D eigenvalue weighted by Crippen LogP contribution is -2.48. The van der Waals surface area contributed by atoms with Crippen molar-refractivity contribution in [2.75, 3.05) is 26.2 Å². The van der Waals surface area contributed by atoms with Gasteiger partial charge in [0, 0.05) is 44.7 Å². The average molecular weight is 484 g/mol. The normalized spacial score (nSPS) is 17.4. The lowest BCUT2D eigenvalue weighted by molar-refractivity contribution is 0.0592. The summed E-state index contributed by atoms with van der Waals surface area (Å²) in [6.07, 6.45) is 5.92. The summed E-state index contributed by atoms with van der Waals surface area (Å²) in [4.78, 5) is 17.4. The summed E-state index contributed by atoms with van der Waals surface area (Å²) >= 11 is 0. The van der Waals surface area contributed by atoms with Crippen LogP contribution in [0.2, 0.25) is 0 Å². The van der Waals surface area contributed by atoms with Gasteiger partial charge in [0.1, 0.15) is 11.6 Å². The van der Waals surface area contributed by atoms with E-state index in [1.54, 1.807) is 41.3 Å². The van der Waals surface area contributed by atoms with Crippen LogP contribution in [-0.2, 0) is 35.1 Å². The minimum absolute atomic E-state index is 0.107. The third-order valence-corrected chi connectivity index (χ3v) is 8.28. The molecule has 0 N–H and O–H groups in total. The molecule has 0 aliphatic carbocycles. The third-order valence-electron chi connectivity index (χ3n) is 6.60. The zero-order chi connectivity index (χ0) is 23.5. The Balaban J connectivity index is 1.21. The van der Waals surface area contributed by atoms with Crippen molar-refractivity contribution in [1.82, 2.24) is 24.6 Å². The van der Waals surface area contributed by atoms with E-state index in [2.05, 4.69) is 19.7 Å². The van der Waals surface area contributed by atoms with Crippen molar-refractivity contribution in [1.29, 1.82) is 0 Å². The zero-order valence-corrected chi connectivity index (χ0v) is 19.9. The van der Waals surface area contributed by atoms with Crippen molar-refractivity contribution in [3.05, 3.63) is 65.6 Å². The Bertz CT molecular complexity index is 1240. The number of nitrogens with zero attached hydrogens (tertiary/aromatic N) is 5. The number of furan rings is 1. The van der Waals surface area contributed by atoms with Gasteiger partial charge < -0.3 is 13.9 Å². The van der Waals surface area contributed by atoms with Gasteiger partial charge in [-0.25, -0.2) is 8.42 Å². The first-order valence-corrected chi connectivity index (χ1v) is 13.4. The molecule has 0 unspecified atom stereocenters. The molecule has 0 radical (unpaired) electrons. The Hall–Kier alpha value is -2.98. The number of benzene rings is 1. The van der Waals surface area contributed by atoms with Crippen LogP contribution in [0.25, 0.3) is 0 Å². The van der Waals surface area contributed by atoms with Crippen LogP contribution in [0, 0.1) is 0 Å². The van der Waals surface area contributed by atoms with Crippen LogP contribution in [-0.4, -0.2) is 65.1 Å². The Kier molecular flexibility index (Phi) is 6.51. The van der Waals surface area contributed by atoms with Gasteiger partial charge in [0.25, 0.3) is 5.91 Å². The van der Waals surface area contributed by atoms with Crippen LogP contribution in [0.5, 0.6) is 0 Å². The first-order chi connectivity index (χ1) is 16.5. The van der Waals surface area contributed by atoms with E-state index in [0.717, 1.165) is 37.6 Å². The van der Waals surface area contributed by atoms with Crippen LogP contribution in [0.3, 0.4) is 0 Å². The topological polar surface area (TPSA) is 102 Å². The molecule has 0 spiro atoms. The SMILES string of the molecule is O=C(c1occc1CS(=O)(=O)c1ccccc1)N1CCN(Cc2nnc3n2CCCCC3)CC1. The second kappa shape index (κ2) is 9.71. The molecule has 1 saturated heterocycles. The van der Waals surface area contributed by atoms with Crippen molar-refractivity contribution >= 4 is 15.7 Å². The summed E-state index contributed by atoms with van der Waals surface area (Å²) in [5.41, 5.74) is 0.391. The first kappa shape index (κ1) is 22.8. The highest BCUT2D eigenvalue weighted by Gasteiger charge is 2.29. The first-order valence-electron chi connectivity index (χ1n) is 11.8. The fraction of sp³-hybridized carbons (Fsp3) is 0.458. The molecule has 2 aliphatic rings. The number of carbonyl (C=O) groups excluding carboxylic acids is 1.